The first-order valence-corrected chi connectivity index (χ1v) is 13.8. The largest absolute Gasteiger partial charge is 0.354 e. The van der Waals surface area contributed by atoms with Gasteiger partial charge in [0.25, 0.3) is 0 Å². The Morgan fingerprint density at radius 2 is 1.76 bits per heavy atom. The average molecular weight is 506 g/mol. The molecule has 1 saturated carbocycles. The average Bonchev–Trinajstić information content (AvgIpc) is 3.50. The van der Waals surface area contributed by atoms with Gasteiger partial charge in [-0.05, 0) is 98.8 Å². The van der Waals surface area contributed by atoms with E-state index in [0.717, 1.165) is 37.1 Å². The summed E-state index contributed by atoms with van der Waals surface area (Å²) in [6.07, 6.45) is 7.46. The van der Waals surface area contributed by atoms with Gasteiger partial charge in [-0.25, -0.2) is 8.78 Å². The van der Waals surface area contributed by atoms with E-state index < -0.39 is 5.92 Å². The Labute approximate surface area is 217 Å². The number of aryl methyl sites for hydroxylation is 1. The van der Waals surface area contributed by atoms with Gasteiger partial charge in [-0.1, -0.05) is 19.9 Å². The molecule has 2 aliphatic rings. The highest BCUT2D eigenvalue weighted by Crippen LogP contribution is 2.41. The van der Waals surface area contributed by atoms with Crippen molar-refractivity contribution >= 4 is 16.6 Å². The molecular formula is C30H37F2N5. The summed E-state index contributed by atoms with van der Waals surface area (Å²) in [5.41, 5.74) is 9.58. The molecule has 1 aliphatic heterocycles. The highest BCUT2D eigenvalue weighted by atomic mass is 19.3. The number of likely N-dealkylation sites (tertiary alicyclic amines) is 1. The standard InChI is InChI=1S/C30H37F2N5/c1-18(2)27-24-15-22(21-9-13-36(14-10-21)23-7-11-30(31,32)12-8-23)5-6-26(24)34-28(27)25-16-37-17-33-35-29(37)20(4)19(25)3/h5-6,15-18,21,23,34H,7-14H2,1-4H3. The fourth-order valence-corrected chi connectivity index (χ4v) is 6.75. The van der Waals surface area contributed by atoms with Gasteiger partial charge in [0, 0.05) is 41.5 Å². The Hall–Kier alpha value is -2.80. The number of alkyl halides is 2. The summed E-state index contributed by atoms with van der Waals surface area (Å²) in [6, 6.07) is 7.27. The van der Waals surface area contributed by atoms with Gasteiger partial charge in [0.05, 0.1) is 5.69 Å². The van der Waals surface area contributed by atoms with E-state index in [0.29, 0.717) is 30.7 Å². The van der Waals surface area contributed by atoms with E-state index in [4.69, 9.17) is 0 Å². The maximum Gasteiger partial charge on any atom is 0.248 e. The van der Waals surface area contributed by atoms with Crippen LogP contribution >= 0.6 is 0 Å². The number of hydrogen-bond acceptors (Lipinski definition) is 3. The van der Waals surface area contributed by atoms with Gasteiger partial charge >= 0.3 is 0 Å². The molecule has 1 aromatic carbocycles. The quantitative estimate of drug-likeness (QED) is 0.315. The number of pyridine rings is 1. The van der Waals surface area contributed by atoms with Crippen LogP contribution in [0.1, 0.15) is 86.5 Å². The fraction of sp³-hybridized carbons (Fsp3) is 0.533. The van der Waals surface area contributed by atoms with E-state index in [2.05, 4.69) is 72.2 Å². The zero-order chi connectivity index (χ0) is 25.9. The maximum absolute atomic E-state index is 13.6. The lowest BCUT2D eigenvalue weighted by atomic mass is 9.85. The van der Waals surface area contributed by atoms with Crippen molar-refractivity contribution in [3.05, 3.63) is 53.0 Å². The van der Waals surface area contributed by atoms with E-state index in [-0.39, 0.29) is 12.8 Å². The topological polar surface area (TPSA) is 49.2 Å². The summed E-state index contributed by atoms with van der Waals surface area (Å²) in [6.45, 7) is 10.8. The van der Waals surface area contributed by atoms with Crippen molar-refractivity contribution in [3.8, 4) is 11.3 Å². The zero-order valence-electron chi connectivity index (χ0n) is 22.3. The van der Waals surface area contributed by atoms with Crippen LogP contribution < -0.4 is 0 Å². The third-order valence-electron chi connectivity index (χ3n) is 9.06. The summed E-state index contributed by atoms with van der Waals surface area (Å²) in [5, 5.41) is 9.70. The summed E-state index contributed by atoms with van der Waals surface area (Å²) >= 11 is 0. The molecule has 0 unspecified atom stereocenters. The van der Waals surface area contributed by atoms with E-state index in [1.807, 2.05) is 4.40 Å². The number of nitrogens with one attached hydrogen (secondary N) is 1. The molecule has 2 fully saturated rings. The summed E-state index contributed by atoms with van der Waals surface area (Å²) in [4.78, 5) is 6.23. The van der Waals surface area contributed by atoms with E-state index in [1.165, 1.54) is 38.9 Å². The molecular weight excluding hydrogens is 468 g/mol. The van der Waals surface area contributed by atoms with E-state index >= 15 is 0 Å². The van der Waals surface area contributed by atoms with Gasteiger partial charge in [-0.3, -0.25) is 4.40 Å². The predicted octanol–water partition coefficient (Wildman–Crippen LogP) is 7.38. The molecule has 196 valence electrons. The van der Waals surface area contributed by atoms with Gasteiger partial charge in [-0.2, -0.15) is 0 Å². The first-order chi connectivity index (χ1) is 17.7. The van der Waals surface area contributed by atoms with Crippen LogP contribution in [0.5, 0.6) is 0 Å². The number of piperidine rings is 1. The molecule has 1 aliphatic carbocycles. The molecule has 0 amide bonds. The molecule has 7 heteroatoms. The highest BCUT2D eigenvalue weighted by molar-refractivity contribution is 5.92. The third-order valence-corrected chi connectivity index (χ3v) is 9.06. The number of hydrogen-bond donors (Lipinski definition) is 1. The van der Waals surface area contributed by atoms with Crippen LogP contribution in [0.4, 0.5) is 8.78 Å². The predicted molar refractivity (Wildman–Crippen MR) is 145 cm³/mol. The van der Waals surface area contributed by atoms with Crippen molar-refractivity contribution in [2.24, 2.45) is 0 Å². The second kappa shape index (κ2) is 9.19. The normalized spacial score (nSPS) is 20.0. The van der Waals surface area contributed by atoms with Gasteiger partial charge < -0.3 is 9.88 Å². The molecule has 3 aromatic heterocycles. The molecule has 1 N–H and O–H groups in total. The van der Waals surface area contributed by atoms with Crippen LogP contribution in [-0.4, -0.2) is 49.5 Å². The van der Waals surface area contributed by atoms with Gasteiger partial charge in [0.2, 0.25) is 5.92 Å². The van der Waals surface area contributed by atoms with Gasteiger partial charge in [0.15, 0.2) is 5.65 Å². The lowest BCUT2D eigenvalue weighted by Crippen LogP contribution is -2.44. The second-order valence-corrected chi connectivity index (χ2v) is 11.6. The molecule has 1 saturated heterocycles. The first-order valence-electron chi connectivity index (χ1n) is 13.8. The number of halogens is 2. The molecule has 0 bridgehead atoms. The number of benzene rings is 1. The minimum Gasteiger partial charge on any atom is -0.354 e. The summed E-state index contributed by atoms with van der Waals surface area (Å²) in [7, 11) is 0. The molecule has 4 aromatic rings. The Bertz CT molecular complexity index is 1430. The molecule has 4 heterocycles. The number of aromatic amines is 1. The van der Waals surface area contributed by atoms with Crippen LogP contribution in [0, 0.1) is 13.8 Å². The Kier molecular flexibility index (Phi) is 6.09. The number of fused-ring (bicyclic) bond motifs is 2. The molecule has 5 nitrogen and oxygen atoms in total. The number of nitrogens with zero attached hydrogens (tertiary/aromatic N) is 4. The molecule has 6 rings (SSSR count). The van der Waals surface area contributed by atoms with Crippen molar-refractivity contribution in [3.63, 3.8) is 0 Å². The Morgan fingerprint density at radius 3 is 2.46 bits per heavy atom. The smallest absolute Gasteiger partial charge is 0.248 e. The Balaban J connectivity index is 1.29. The minimum atomic E-state index is -2.45. The second-order valence-electron chi connectivity index (χ2n) is 11.6. The van der Waals surface area contributed by atoms with Crippen LogP contribution in [0.3, 0.4) is 0 Å². The van der Waals surface area contributed by atoms with Crippen molar-refractivity contribution < 1.29 is 8.78 Å². The number of aromatic nitrogens is 4. The zero-order valence-corrected chi connectivity index (χ0v) is 22.3. The molecule has 0 spiro atoms. The van der Waals surface area contributed by atoms with Gasteiger partial charge in [0.1, 0.15) is 6.33 Å². The molecule has 0 radical (unpaired) electrons. The van der Waals surface area contributed by atoms with Gasteiger partial charge in [-0.15, -0.1) is 10.2 Å². The van der Waals surface area contributed by atoms with Crippen molar-refractivity contribution in [1.29, 1.82) is 0 Å². The van der Waals surface area contributed by atoms with Crippen molar-refractivity contribution in [2.45, 2.75) is 90.0 Å². The fourth-order valence-electron chi connectivity index (χ4n) is 6.75. The number of rotatable bonds is 4. The lowest BCUT2D eigenvalue weighted by molar-refractivity contribution is -0.0558. The monoisotopic (exact) mass is 505 g/mol. The number of H-pyrrole nitrogens is 1. The van der Waals surface area contributed by atoms with Crippen molar-refractivity contribution in [2.75, 3.05) is 13.1 Å². The third kappa shape index (κ3) is 4.35. The highest BCUT2D eigenvalue weighted by Gasteiger charge is 2.37. The Morgan fingerprint density at radius 1 is 1.03 bits per heavy atom. The van der Waals surface area contributed by atoms with Crippen LogP contribution in [0.2, 0.25) is 0 Å². The van der Waals surface area contributed by atoms with Crippen molar-refractivity contribution in [1.82, 2.24) is 24.5 Å². The minimum absolute atomic E-state index is 0.0470. The van der Waals surface area contributed by atoms with E-state index in [9.17, 15) is 8.78 Å². The maximum atomic E-state index is 13.6. The lowest BCUT2D eigenvalue weighted by Gasteiger charge is -2.40. The first kappa shape index (κ1) is 24.5. The van der Waals surface area contributed by atoms with Crippen LogP contribution in [-0.2, 0) is 0 Å². The SMILES string of the molecule is Cc1c(-c2[nH]c3ccc(C4CCN(C5CCC(F)(F)CC5)CC4)cc3c2C(C)C)cn2cnnc2c1C. The summed E-state index contributed by atoms with van der Waals surface area (Å²) < 4.78 is 29.3. The molecule has 37 heavy (non-hydrogen) atoms. The van der Waals surface area contributed by atoms with Crippen LogP contribution in [0.15, 0.2) is 30.7 Å². The van der Waals surface area contributed by atoms with E-state index in [1.54, 1.807) is 6.33 Å². The summed E-state index contributed by atoms with van der Waals surface area (Å²) in [5.74, 6) is -1.57. The van der Waals surface area contributed by atoms with Crippen LogP contribution in [0.25, 0.3) is 27.8 Å². The molecule has 0 atom stereocenters.